The molecule has 4 nitrogen and oxygen atoms in total. The molecule has 1 saturated carbocycles. The van der Waals surface area contributed by atoms with Crippen molar-refractivity contribution in [1.29, 1.82) is 0 Å². The second-order valence-corrected chi connectivity index (χ2v) is 6.89. The summed E-state index contributed by atoms with van der Waals surface area (Å²) >= 11 is 6.50. The molecule has 5 heteroatoms. The lowest BCUT2D eigenvalue weighted by Gasteiger charge is -2.40. The van der Waals surface area contributed by atoms with Gasteiger partial charge in [0.2, 0.25) is 0 Å². The second-order valence-electron chi connectivity index (χ2n) is 6.51. The van der Waals surface area contributed by atoms with Gasteiger partial charge in [-0.1, -0.05) is 18.5 Å². The lowest BCUT2D eigenvalue weighted by Crippen LogP contribution is -2.56. The number of hydrogen-bond acceptors (Lipinski definition) is 3. The minimum atomic E-state index is 0.609. The first-order chi connectivity index (χ1) is 10.1. The molecule has 2 unspecified atom stereocenters. The lowest BCUT2D eigenvalue weighted by atomic mass is 10.0. The predicted octanol–water partition coefficient (Wildman–Crippen LogP) is 2.83. The summed E-state index contributed by atoms with van der Waals surface area (Å²) in [7, 11) is 0. The van der Waals surface area contributed by atoms with E-state index in [-0.39, 0.29) is 0 Å². The molecule has 2 aliphatic rings. The Bertz CT molecular complexity index is 495. The Morgan fingerprint density at radius 3 is 2.71 bits per heavy atom. The summed E-state index contributed by atoms with van der Waals surface area (Å²) in [5.41, 5.74) is 2.15. The Kier molecular flexibility index (Phi) is 4.57. The predicted molar refractivity (Wildman–Crippen MR) is 86.7 cm³/mol. The quantitative estimate of drug-likeness (QED) is 0.908. The topological polar surface area (TPSA) is 33.1 Å². The van der Waals surface area contributed by atoms with E-state index in [1.54, 1.807) is 0 Å². The Hall–Kier alpha value is -0.580. The molecule has 2 heterocycles. The molecule has 21 heavy (non-hydrogen) atoms. The maximum atomic E-state index is 6.50. The molecule has 1 aromatic rings. The van der Waals surface area contributed by atoms with Crippen molar-refractivity contribution in [3.8, 4) is 0 Å². The molecule has 0 amide bonds. The van der Waals surface area contributed by atoms with Gasteiger partial charge in [0.05, 0.1) is 16.4 Å². The fourth-order valence-electron chi connectivity index (χ4n) is 3.51. The average Bonchev–Trinajstić information content (AvgIpc) is 3.30. The summed E-state index contributed by atoms with van der Waals surface area (Å²) < 4.78 is 2.07. The van der Waals surface area contributed by atoms with Gasteiger partial charge < -0.3 is 5.32 Å². The molecule has 0 bridgehead atoms. The molecule has 0 aromatic carbocycles. The van der Waals surface area contributed by atoms with E-state index in [9.17, 15) is 0 Å². The zero-order valence-electron chi connectivity index (χ0n) is 13.4. The van der Waals surface area contributed by atoms with E-state index in [1.165, 1.54) is 25.0 Å². The molecule has 0 radical (unpaired) electrons. The van der Waals surface area contributed by atoms with Crippen molar-refractivity contribution < 1.29 is 0 Å². The van der Waals surface area contributed by atoms with Crippen molar-refractivity contribution in [3.63, 3.8) is 0 Å². The van der Waals surface area contributed by atoms with Crippen LogP contribution in [0.25, 0.3) is 0 Å². The molecule has 1 aromatic heterocycles. The van der Waals surface area contributed by atoms with Crippen LogP contribution in [0.4, 0.5) is 0 Å². The van der Waals surface area contributed by atoms with Gasteiger partial charge in [-0.15, -0.1) is 0 Å². The highest BCUT2D eigenvalue weighted by Gasteiger charge is 2.38. The Morgan fingerprint density at radius 2 is 2.10 bits per heavy atom. The molecule has 2 atom stereocenters. The van der Waals surface area contributed by atoms with Crippen molar-refractivity contribution in [2.75, 3.05) is 13.1 Å². The highest BCUT2D eigenvalue weighted by Crippen LogP contribution is 2.37. The van der Waals surface area contributed by atoms with Gasteiger partial charge in [0.25, 0.3) is 0 Å². The number of halogens is 1. The van der Waals surface area contributed by atoms with E-state index in [4.69, 9.17) is 11.6 Å². The zero-order valence-corrected chi connectivity index (χ0v) is 14.2. The summed E-state index contributed by atoms with van der Waals surface area (Å²) in [6.45, 7) is 10.5. The van der Waals surface area contributed by atoms with Crippen molar-refractivity contribution in [2.45, 2.75) is 65.2 Å². The van der Waals surface area contributed by atoms with E-state index < -0.39 is 0 Å². The molecule has 1 aliphatic heterocycles. The maximum absolute atomic E-state index is 6.50. The van der Waals surface area contributed by atoms with E-state index in [0.717, 1.165) is 42.8 Å². The number of hydrogen-bond donors (Lipinski definition) is 1. The molecule has 1 N–H and O–H groups in total. The third kappa shape index (κ3) is 3.13. The van der Waals surface area contributed by atoms with Crippen LogP contribution in [-0.4, -0.2) is 39.9 Å². The standard InChI is InChI=1S/C16H27ClN4/c1-4-13-9-20(14(8-18-13)12-6-7-12)10-15-16(17)11(3)19-21(15)5-2/h12-14,18H,4-10H2,1-3H3. The van der Waals surface area contributed by atoms with Gasteiger partial charge in [0.15, 0.2) is 0 Å². The van der Waals surface area contributed by atoms with Crippen molar-refractivity contribution in [2.24, 2.45) is 5.92 Å². The van der Waals surface area contributed by atoms with Gasteiger partial charge in [0, 0.05) is 38.3 Å². The third-order valence-electron chi connectivity index (χ3n) is 5.00. The van der Waals surface area contributed by atoms with E-state index >= 15 is 0 Å². The van der Waals surface area contributed by atoms with Gasteiger partial charge in [0.1, 0.15) is 0 Å². The molecule has 1 aliphatic carbocycles. The Balaban J connectivity index is 1.79. The fourth-order valence-corrected chi connectivity index (χ4v) is 3.71. The van der Waals surface area contributed by atoms with Gasteiger partial charge >= 0.3 is 0 Å². The SMILES string of the molecule is CCC1CN(Cc2c(Cl)c(C)nn2CC)C(C2CC2)CN1. The van der Waals surface area contributed by atoms with Gasteiger partial charge in [-0.05, 0) is 39.0 Å². The lowest BCUT2D eigenvalue weighted by molar-refractivity contribution is 0.103. The van der Waals surface area contributed by atoms with Crippen molar-refractivity contribution >= 4 is 11.6 Å². The zero-order chi connectivity index (χ0) is 15.0. The number of nitrogens with one attached hydrogen (secondary N) is 1. The molecule has 118 valence electrons. The minimum Gasteiger partial charge on any atom is -0.311 e. The van der Waals surface area contributed by atoms with Gasteiger partial charge in [-0.25, -0.2) is 0 Å². The normalized spacial score (nSPS) is 27.2. The molecule has 2 fully saturated rings. The van der Waals surface area contributed by atoms with Crippen LogP contribution in [0.3, 0.4) is 0 Å². The number of piperazine rings is 1. The van der Waals surface area contributed by atoms with Crippen LogP contribution >= 0.6 is 11.6 Å². The van der Waals surface area contributed by atoms with Crippen LogP contribution in [-0.2, 0) is 13.1 Å². The molecule has 0 spiro atoms. The van der Waals surface area contributed by atoms with Gasteiger partial charge in [-0.3, -0.25) is 9.58 Å². The monoisotopic (exact) mass is 310 g/mol. The summed E-state index contributed by atoms with van der Waals surface area (Å²) in [4.78, 5) is 2.65. The third-order valence-corrected chi connectivity index (χ3v) is 5.50. The van der Waals surface area contributed by atoms with Crippen LogP contribution in [0.1, 0.15) is 44.5 Å². The highest BCUT2D eigenvalue weighted by molar-refractivity contribution is 6.31. The van der Waals surface area contributed by atoms with E-state index in [0.29, 0.717) is 12.1 Å². The Morgan fingerprint density at radius 1 is 1.33 bits per heavy atom. The van der Waals surface area contributed by atoms with Crippen LogP contribution in [0.2, 0.25) is 5.02 Å². The van der Waals surface area contributed by atoms with Crippen molar-refractivity contribution in [3.05, 3.63) is 16.4 Å². The summed E-state index contributed by atoms with van der Waals surface area (Å²) in [5.74, 6) is 0.883. The van der Waals surface area contributed by atoms with Crippen LogP contribution in [0.5, 0.6) is 0 Å². The minimum absolute atomic E-state index is 0.609. The molecular formula is C16H27ClN4. The number of aryl methyl sites for hydroxylation is 2. The first-order valence-electron chi connectivity index (χ1n) is 8.33. The first-order valence-corrected chi connectivity index (χ1v) is 8.71. The van der Waals surface area contributed by atoms with Crippen LogP contribution < -0.4 is 5.32 Å². The fraction of sp³-hybridized carbons (Fsp3) is 0.812. The van der Waals surface area contributed by atoms with Gasteiger partial charge in [-0.2, -0.15) is 5.10 Å². The van der Waals surface area contributed by atoms with E-state index in [1.807, 2.05) is 6.92 Å². The van der Waals surface area contributed by atoms with Crippen LogP contribution in [0, 0.1) is 12.8 Å². The number of rotatable bonds is 5. The summed E-state index contributed by atoms with van der Waals surface area (Å²) in [6.07, 6.45) is 3.96. The smallest absolute Gasteiger partial charge is 0.0860 e. The summed E-state index contributed by atoms with van der Waals surface area (Å²) in [6, 6.07) is 1.28. The summed E-state index contributed by atoms with van der Waals surface area (Å²) in [5, 5.41) is 9.13. The largest absolute Gasteiger partial charge is 0.311 e. The van der Waals surface area contributed by atoms with Crippen molar-refractivity contribution in [1.82, 2.24) is 20.0 Å². The average molecular weight is 311 g/mol. The highest BCUT2D eigenvalue weighted by atomic mass is 35.5. The Labute approximate surface area is 132 Å². The molecule has 1 saturated heterocycles. The first kappa shape index (κ1) is 15.3. The second kappa shape index (κ2) is 6.27. The molecule has 3 rings (SSSR count). The maximum Gasteiger partial charge on any atom is 0.0860 e. The molecular weight excluding hydrogens is 284 g/mol. The van der Waals surface area contributed by atoms with E-state index in [2.05, 4.69) is 33.8 Å². The van der Waals surface area contributed by atoms with Crippen LogP contribution in [0.15, 0.2) is 0 Å². The number of nitrogens with zero attached hydrogens (tertiary/aromatic N) is 3. The number of aromatic nitrogens is 2.